The van der Waals surface area contributed by atoms with Crippen molar-refractivity contribution in [2.24, 2.45) is 0 Å². The zero-order valence-electron chi connectivity index (χ0n) is 18.4. The van der Waals surface area contributed by atoms with Crippen LogP contribution in [0, 0.1) is 0 Å². The van der Waals surface area contributed by atoms with E-state index in [-0.39, 0.29) is 11.1 Å². The molecule has 1 fully saturated rings. The molecule has 34 heavy (non-hydrogen) atoms. The van der Waals surface area contributed by atoms with Crippen LogP contribution >= 0.6 is 0 Å². The number of aliphatic hydroxyl groups is 1. The van der Waals surface area contributed by atoms with Crippen LogP contribution in [-0.2, 0) is 9.59 Å². The van der Waals surface area contributed by atoms with E-state index in [0.29, 0.717) is 47.7 Å². The number of nitrogens with zero attached hydrogens (tertiary/aromatic N) is 1. The van der Waals surface area contributed by atoms with Crippen LogP contribution in [0.4, 0.5) is 5.69 Å². The molecule has 5 rings (SSSR count). The van der Waals surface area contributed by atoms with Crippen LogP contribution < -0.4 is 23.8 Å². The lowest BCUT2D eigenvalue weighted by Gasteiger charge is -2.25. The number of methoxy groups -OCH3 is 2. The first kappa shape index (κ1) is 21.4. The van der Waals surface area contributed by atoms with E-state index in [1.54, 1.807) is 42.5 Å². The molecular formula is C25H21NO8. The van der Waals surface area contributed by atoms with Crippen molar-refractivity contribution in [3.05, 3.63) is 71.7 Å². The van der Waals surface area contributed by atoms with E-state index in [9.17, 15) is 14.7 Å². The summed E-state index contributed by atoms with van der Waals surface area (Å²) in [6.07, 6.45) is 1.44. The van der Waals surface area contributed by atoms with Crippen molar-refractivity contribution >= 4 is 23.1 Å². The second-order valence-corrected chi connectivity index (χ2v) is 7.58. The number of aliphatic hydroxyl groups excluding tert-OH is 1. The van der Waals surface area contributed by atoms with Gasteiger partial charge in [-0.15, -0.1) is 0 Å². The van der Waals surface area contributed by atoms with Crippen molar-refractivity contribution < 1.29 is 38.1 Å². The van der Waals surface area contributed by atoms with Crippen molar-refractivity contribution in [3.8, 4) is 23.0 Å². The molecule has 9 nitrogen and oxygen atoms in total. The van der Waals surface area contributed by atoms with Crippen molar-refractivity contribution in [2.45, 2.75) is 6.04 Å². The number of ether oxygens (including phenoxy) is 4. The maximum atomic E-state index is 13.3. The van der Waals surface area contributed by atoms with E-state index in [4.69, 9.17) is 23.4 Å². The molecule has 1 atom stereocenters. The first-order chi connectivity index (χ1) is 16.5. The maximum Gasteiger partial charge on any atom is 0.300 e. The Balaban J connectivity index is 1.70. The first-order valence-electron chi connectivity index (χ1n) is 10.5. The minimum atomic E-state index is -1.02. The Bertz CT molecular complexity index is 1290. The van der Waals surface area contributed by atoms with Crippen molar-refractivity contribution in [1.29, 1.82) is 0 Å². The van der Waals surface area contributed by atoms with Gasteiger partial charge in [-0.3, -0.25) is 14.5 Å². The van der Waals surface area contributed by atoms with E-state index in [1.807, 2.05) is 0 Å². The van der Waals surface area contributed by atoms with Gasteiger partial charge in [-0.2, -0.15) is 0 Å². The third-order valence-electron chi connectivity index (χ3n) is 5.72. The molecule has 0 aliphatic carbocycles. The molecule has 0 saturated carbocycles. The number of fused-ring (bicyclic) bond motifs is 1. The summed E-state index contributed by atoms with van der Waals surface area (Å²) < 4.78 is 27.4. The van der Waals surface area contributed by atoms with Gasteiger partial charge in [-0.1, -0.05) is 0 Å². The number of benzene rings is 2. The fourth-order valence-corrected chi connectivity index (χ4v) is 4.14. The summed E-state index contributed by atoms with van der Waals surface area (Å²) in [5.74, 6) is -0.0336. The van der Waals surface area contributed by atoms with Crippen molar-refractivity contribution in [2.75, 3.05) is 32.3 Å². The maximum absolute atomic E-state index is 13.3. The molecule has 2 aromatic carbocycles. The van der Waals surface area contributed by atoms with Gasteiger partial charge in [0.2, 0.25) is 0 Å². The molecule has 3 heterocycles. The van der Waals surface area contributed by atoms with Crippen molar-refractivity contribution in [3.63, 3.8) is 0 Å². The number of anilines is 1. The fraction of sp³-hybridized carbons (Fsp3) is 0.200. The Hall–Kier alpha value is -4.40. The molecule has 0 radical (unpaired) electrons. The number of hydrogen-bond acceptors (Lipinski definition) is 8. The third kappa shape index (κ3) is 3.42. The smallest absolute Gasteiger partial charge is 0.300 e. The number of amides is 1. The van der Waals surface area contributed by atoms with Crippen LogP contribution in [0.5, 0.6) is 23.0 Å². The van der Waals surface area contributed by atoms with Gasteiger partial charge in [0.15, 0.2) is 11.5 Å². The predicted octanol–water partition coefficient (Wildman–Crippen LogP) is 3.69. The van der Waals surface area contributed by atoms with Crippen LogP contribution in [0.25, 0.3) is 5.76 Å². The minimum Gasteiger partial charge on any atom is -0.507 e. The highest BCUT2D eigenvalue weighted by Crippen LogP contribution is 2.45. The Labute approximate surface area is 194 Å². The van der Waals surface area contributed by atoms with Crippen LogP contribution in [0.15, 0.2) is 64.8 Å². The summed E-state index contributed by atoms with van der Waals surface area (Å²) in [5.41, 5.74) is 0.462. The number of ketones is 1. The molecule has 1 saturated heterocycles. The average molecular weight is 463 g/mol. The molecule has 1 aromatic heterocycles. The van der Waals surface area contributed by atoms with E-state index >= 15 is 0 Å². The fourth-order valence-electron chi connectivity index (χ4n) is 4.14. The zero-order chi connectivity index (χ0) is 23.8. The van der Waals surface area contributed by atoms with Gasteiger partial charge in [0.1, 0.15) is 42.3 Å². The van der Waals surface area contributed by atoms with Crippen molar-refractivity contribution in [1.82, 2.24) is 0 Å². The van der Waals surface area contributed by atoms with Gasteiger partial charge < -0.3 is 28.5 Å². The van der Waals surface area contributed by atoms with Gasteiger partial charge >= 0.3 is 0 Å². The normalized spacial score (nSPS) is 18.8. The monoisotopic (exact) mass is 463 g/mol. The van der Waals surface area contributed by atoms with E-state index in [2.05, 4.69) is 0 Å². The Morgan fingerprint density at radius 2 is 1.79 bits per heavy atom. The molecule has 3 aromatic rings. The molecule has 1 unspecified atom stereocenters. The van der Waals surface area contributed by atoms with Crippen LogP contribution in [0.3, 0.4) is 0 Å². The molecule has 0 spiro atoms. The standard InChI is InChI=1S/C25H21NO8/c1-30-15-6-8-17(31-2)16(13-15)23(27)21-22(19-4-3-9-32-19)26(25(29)24(21)28)14-5-7-18-20(12-14)34-11-10-33-18/h3-9,12-13,22,27H,10-11H2,1-2H3/b23-21-. The zero-order valence-corrected chi connectivity index (χ0v) is 18.4. The molecule has 2 aliphatic heterocycles. The van der Waals surface area contributed by atoms with Crippen LogP contribution in [0.2, 0.25) is 0 Å². The summed E-state index contributed by atoms with van der Waals surface area (Å²) >= 11 is 0. The lowest BCUT2D eigenvalue weighted by molar-refractivity contribution is -0.132. The quantitative estimate of drug-likeness (QED) is 0.347. The number of rotatable bonds is 5. The number of carbonyl (C=O) groups excluding carboxylic acids is 2. The number of carbonyl (C=O) groups is 2. The molecule has 0 bridgehead atoms. The lowest BCUT2D eigenvalue weighted by atomic mass is 9.98. The highest BCUT2D eigenvalue weighted by molar-refractivity contribution is 6.51. The summed E-state index contributed by atoms with van der Waals surface area (Å²) in [6.45, 7) is 0.790. The molecule has 2 aliphatic rings. The van der Waals surface area contributed by atoms with Crippen LogP contribution in [0.1, 0.15) is 17.4 Å². The Morgan fingerprint density at radius 3 is 2.50 bits per heavy atom. The molecule has 1 N–H and O–H groups in total. The third-order valence-corrected chi connectivity index (χ3v) is 5.72. The SMILES string of the molecule is COc1ccc(OC)c(/C(O)=C2/C(=O)C(=O)N(c3ccc4c(c3)OCCO4)C2c2ccco2)c1. The highest BCUT2D eigenvalue weighted by atomic mass is 16.6. The van der Waals surface area contributed by atoms with Gasteiger partial charge in [0, 0.05) is 11.8 Å². The van der Waals surface area contributed by atoms with E-state index in [0.717, 1.165) is 0 Å². The minimum absolute atomic E-state index is 0.138. The molecule has 174 valence electrons. The summed E-state index contributed by atoms with van der Waals surface area (Å²) in [6, 6.07) is 12.0. The Morgan fingerprint density at radius 1 is 1.00 bits per heavy atom. The predicted molar refractivity (Wildman–Crippen MR) is 120 cm³/mol. The van der Waals surface area contributed by atoms with E-state index < -0.39 is 23.5 Å². The second kappa shape index (κ2) is 8.51. The van der Waals surface area contributed by atoms with Gasteiger partial charge in [-0.25, -0.2) is 0 Å². The average Bonchev–Trinajstić information content (AvgIpc) is 3.49. The summed E-state index contributed by atoms with van der Waals surface area (Å²) in [5, 5.41) is 11.3. The molecule has 1 amide bonds. The van der Waals surface area contributed by atoms with Gasteiger partial charge in [0.05, 0.1) is 31.6 Å². The molecular weight excluding hydrogens is 442 g/mol. The van der Waals surface area contributed by atoms with Gasteiger partial charge in [-0.05, 0) is 42.5 Å². The number of hydrogen-bond donors (Lipinski definition) is 1. The summed E-state index contributed by atoms with van der Waals surface area (Å²) in [4.78, 5) is 27.8. The number of Topliss-reactive ketones (excluding diaryl/α,β-unsaturated/α-hetero) is 1. The Kier molecular flexibility index (Phi) is 5.37. The van der Waals surface area contributed by atoms with Crippen LogP contribution in [-0.4, -0.2) is 44.2 Å². The summed E-state index contributed by atoms with van der Waals surface area (Å²) in [7, 11) is 2.92. The number of furan rings is 1. The largest absolute Gasteiger partial charge is 0.507 e. The van der Waals surface area contributed by atoms with E-state index in [1.165, 1.54) is 31.4 Å². The highest BCUT2D eigenvalue weighted by Gasteiger charge is 2.48. The lowest BCUT2D eigenvalue weighted by Crippen LogP contribution is -2.29. The van der Waals surface area contributed by atoms with Gasteiger partial charge in [0.25, 0.3) is 11.7 Å². The topological polar surface area (TPSA) is 108 Å². The molecule has 9 heteroatoms. The second-order valence-electron chi connectivity index (χ2n) is 7.58. The first-order valence-corrected chi connectivity index (χ1v) is 10.5.